The number of nitrogens with two attached hydrogens (primary N) is 1. The van der Waals surface area contributed by atoms with E-state index in [9.17, 15) is 19.8 Å². The second-order valence-electron chi connectivity index (χ2n) is 5.99. The number of aromatic hydroxyl groups is 1. The summed E-state index contributed by atoms with van der Waals surface area (Å²) in [4.78, 5) is 23.8. The lowest BCUT2D eigenvalue weighted by Crippen LogP contribution is -2.60. The molecule has 0 saturated carbocycles. The van der Waals surface area contributed by atoms with Crippen LogP contribution in [0.1, 0.15) is 39.2 Å². The van der Waals surface area contributed by atoms with E-state index in [4.69, 9.17) is 10.5 Å². The van der Waals surface area contributed by atoms with Crippen molar-refractivity contribution >= 4 is 11.9 Å². The summed E-state index contributed by atoms with van der Waals surface area (Å²) in [6.07, 6.45) is 0. The zero-order valence-electron chi connectivity index (χ0n) is 12.6. The molecule has 0 aliphatic heterocycles. The number of ether oxygens (including phenoxy) is 1. The zero-order valence-corrected chi connectivity index (χ0v) is 12.6. The number of phenolic OH excluding ortho intramolecular Hbond substituents is 1. The molecule has 0 spiro atoms. The van der Waals surface area contributed by atoms with Crippen molar-refractivity contribution in [2.24, 2.45) is 5.73 Å². The minimum Gasteiger partial charge on any atom is -0.508 e. The van der Waals surface area contributed by atoms with Crippen molar-refractivity contribution in [3.05, 3.63) is 29.8 Å². The summed E-state index contributed by atoms with van der Waals surface area (Å²) >= 11 is 0. The number of carboxylic acids is 1. The van der Waals surface area contributed by atoms with Gasteiger partial charge in [0, 0.05) is 5.92 Å². The van der Waals surface area contributed by atoms with Crippen LogP contribution in [0.3, 0.4) is 0 Å². The van der Waals surface area contributed by atoms with Gasteiger partial charge in [0.2, 0.25) is 5.54 Å². The molecular formula is C15H21NO5. The van der Waals surface area contributed by atoms with Crippen LogP contribution in [-0.4, -0.2) is 33.3 Å². The molecule has 0 aliphatic rings. The van der Waals surface area contributed by atoms with Gasteiger partial charge >= 0.3 is 11.9 Å². The normalized spacial score (nSPS) is 15.9. The summed E-state index contributed by atoms with van der Waals surface area (Å²) in [6, 6.07) is 5.86. The number of phenols is 1. The molecular weight excluding hydrogens is 274 g/mol. The number of esters is 1. The summed E-state index contributed by atoms with van der Waals surface area (Å²) in [5.41, 5.74) is 3.34. The first-order chi connectivity index (χ1) is 9.48. The van der Waals surface area contributed by atoms with Gasteiger partial charge in [0.15, 0.2) is 0 Å². The molecule has 0 radical (unpaired) electrons. The van der Waals surface area contributed by atoms with Crippen LogP contribution in [0, 0.1) is 0 Å². The Balaban J connectivity index is 3.18. The van der Waals surface area contributed by atoms with Crippen molar-refractivity contribution in [1.29, 1.82) is 0 Å². The van der Waals surface area contributed by atoms with Crippen molar-refractivity contribution in [2.45, 2.75) is 44.8 Å². The van der Waals surface area contributed by atoms with E-state index in [1.54, 1.807) is 20.8 Å². The Morgan fingerprint density at radius 1 is 1.19 bits per heavy atom. The molecule has 6 heteroatoms. The van der Waals surface area contributed by atoms with Crippen LogP contribution in [0.25, 0.3) is 0 Å². The van der Waals surface area contributed by atoms with Gasteiger partial charge in [-0.3, -0.25) is 0 Å². The van der Waals surface area contributed by atoms with Gasteiger partial charge in [-0.25, -0.2) is 9.59 Å². The number of carboxylic acid groups (broad SMARTS) is 1. The quantitative estimate of drug-likeness (QED) is 0.575. The highest BCUT2D eigenvalue weighted by Crippen LogP contribution is 2.30. The molecule has 4 N–H and O–H groups in total. The molecule has 1 aromatic rings. The molecule has 0 aromatic heterocycles. The van der Waals surface area contributed by atoms with Gasteiger partial charge in [0.1, 0.15) is 11.4 Å². The van der Waals surface area contributed by atoms with Crippen LogP contribution in [0.5, 0.6) is 5.75 Å². The number of benzene rings is 1. The van der Waals surface area contributed by atoms with Crippen molar-refractivity contribution in [3.63, 3.8) is 0 Å². The molecule has 116 valence electrons. The summed E-state index contributed by atoms with van der Waals surface area (Å²) in [5.74, 6) is -3.24. The minimum atomic E-state index is -2.20. The fourth-order valence-electron chi connectivity index (χ4n) is 1.84. The monoisotopic (exact) mass is 295 g/mol. The highest BCUT2D eigenvalue weighted by Gasteiger charge is 2.50. The molecule has 21 heavy (non-hydrogen) atoms. The molecule has 2 atom stereocenters. The zero-order chi connectivity index (χ0) is 16.4. The van der Waals surface area contributed by atoms with Gasteiger partial charge in [0.25, 0.3) is 0 Å². The topological polar surface area (TPSA) is 110 Å². The number of carbonyl (C=O) groups excluding carboxylic acids is 1. The fraction of sp³-hybridized carbons (Fsp3) is 0.467. The van der Waals surface area contributed by atoms with Crippen LogP contribution in [-0.2, 0) is 14.3 Å². The van der Waals surface area contributed by atoms with Crippen LogP contribution in [0.2, 0.25) is 0 Å². The van der Waals surface area contributed by atoms with Gasteiger partial charge in [0.05, 0.1) is 0 Å². The molecule has 0 heterocycles. The molecule has 0 fully saturated rings. The molecule has 6 nitrogen and oxygen atoms in total. The highest BCUT2D eigenvalue weighted by atomic mass is 16.6. The molecule has 0 aliphatic carbocycles. The maximum absolute atomic E-state index is 12.2. The Hall–Kier alpha value is -2.08. The van der Waals surface area contributed by atoms with Crippen molar-refractivity contribution in [3.8, 4) is 5.75 Å². The van der Waals surface area contributed by atoms with E-state index in [0.29, 0.717) is 5.56 Å². The summed E-state index contributed by atoms with van der Waals surface area (Å²) < 4.78 is 5.14. The average molecular weight is 295 g/mol. The average Bonchev–Trinajstić information content (AvgIpc) is 2.35. The van der Waals surface area contributed by atoms with Gasteiger partial charge in [-0.05, 0) is 38.5 Å². The first kappa shape index (κ1) is 17.0. The second-order valence-corrected chi connectivity index (χ2v) is 5.99. The molecule has 0 bridgehead atoms. The van der Waals surface area contributed by atoms with Crippen LogP contribution in [0.4, 0.5) is 0 Å². The molecule has 0 amide bonds. The Labute approximate surface area is 123 Å². The number of hydrogen-bond donors (Lipinski definition) is 3. The Morgan fingerprint density at radius 2 is 1.67 bits per heavy atom. The fourth-order valence-corrected chi connectivity index (χ4v) is 1.84. The molecule has 0 saturated heterocycles. The number of aliphatic carboxylic acids is 1. The Morgan fingerprint density at radius 3 is 2.05 bits per heavy atom. The lowest BCUT2D eigenvalue weighted by Gasteiger charge is -2.32. The van der Waals surface area contributed by atoms with E-state index in [1.165, 1.54) is 31.2 Å². The standard InChI is InChI=1S/C15H21NO5/c1-9(10-5-7-11(17)8-6-10)15(16,12(18)19)13(20)21-14(2,3)4/h5-9,17H,16H2,1-4H3,(H,18,19)/t9-,15-/m0/s1. The van der Waals surface area contributed by atoms with Crippen molar-refractivity contribution < 1.29 is 24.5 Å². The summed E-state index contributed by atoms with van der Waals surface area (Å²) in [7, 11) is 0. The van der Waals surface area contributed by atoms with Crippen LogP contribution < -0.4 is 5.73 Å². The van der Waals surface area contributed by atoms with E-state index in [-0.39, 0.29) is 5.75 Å². The SMILES string of the molecule is C[C@@H](c1ccc(O)cc1)[C@](N)(C(=O)O)C(=O)OC(C)(C)C. The van der Waals surface area contributed by atoms with E-state index >= 15 is 0 Å². The lowest BCUT2D eigenvalue weighted by atomic mass is 9.81. The summed E-state index contributed by atoms with van der Waals surface area (Å²) in [5, 5.41) is 18.7. The van der Waals surface area contributed by atoms with Gasteiger partial charge in [-0.1, -0.05) is 19.1 Å². The van der Waals surface area contributed by atoms with E-state index < -0.39 is 29.0 Å². The van der Waals surface area contributed by atoms with Gasteiger partial charge in [-0.2, -0.15) is 0 Å². The number of hydrogen-bond acceptors (Lipinski definition) is 5. The van der Waals surface area contributed by atoms with Crippen LogP contribution >= 0.6 is 0 Å². The third kappa shape index (κ3) is 3.72. The molecule has 0 unspecified atom stereocenters. The maximum atomic E-state index is 12.2. The van der Waals surface area contributed by atoms with Gasteiger partial charge < -0.3 is 20.7 Å². The summed E-state index contributed by atoms with van der Waals surface area (Å²) in [6.45, 7) is 6.44. The van der Waals surface area contributed by atoms with E-state index in [2.05, 4.69) is 0 Å². The number of rotatable bonds is 4. The lowest BCUT2D eigenvalue weighted by molar-refractivity contribution is -0.170. The Bertz CT molecular complexity index is 532. The van der Waals surface area contributed by atoms with Crippen LogP contribution in [0.15, 0.2) is 24.3 Å². The third-order valence-electron chi connectivity index (χ3n) is 3.17. The largest absolute Gasteiger partial charge is 0.508 e. The van der Waals surface area contributed by atoms with Crippen molar-refractivity contribution in [1.82, 2.24) is 0 Å². The second kappa shape index (κ2) is 5.73. The highest BCUT2D eigenvalue weighted by molar-refractivity contribution is 6.05. The van der Waals surface area contributed by atoms with E-state index in [1.807, 2.05) is 0 Å². The Kier molecular flexibility index (Phi) is 4.63. The third-order valence-corrected chi connectivity index (χ3v) is 3.17. The van der Waals surface area contributed by atoms with E-state index in [0.717, 1.165) is 0 Å². The predicted octanol–water partition coefficient (Wildman–Crippen LogP) is 1.62. The number of carbonyl (C=O) groups is 2. The molecule has 1 aromatic carbocycles. The maximum Gasteiger partial charge on any atom is 0.339 e. The first-order valence-corrected chi connectivity index (χ1v) is 6.53. The minimum absolute atomic E-state index is 0.0427. The van der Waals surface area contributed by atoms with Crippen molar-refractivity contribution in [2.75, 3.05) is 0 Å². The smallest absolute Gasteiger partial charge is 0.339 e. The molecule has 1 rings (SSSR count). The first-order valence-electron chi connectivity index (χ1n) is 6.53. The van der Waals surface area contributed by atoms with Gasteiger partial charge in [-0.15, -0.1) is 0 Å². The predicted molar refractivity (Wildman–Crippen MR) is 76.9 cm³/mol.